The van der Waals surface area contributed by atoms with Crippen molar-refractivity contribution in [3.8, 4) is 11.5 Å². The summed E-state index contributed by atoms with van der Waals surface area (Å²) in [6.45, 7) is 4.68. The molecule has 1 N–H and O–H groups in total. The summed E-state index contributed by atoms with van der Waals surface area (Å²) in [6.07, 6.45) is 1.49. The quantitative estimate of drug-likeness (QED) is 0.293. The summed E-state index contributed by atoms with van der Waals surface area (Å²) in [4.78, 5) is 12.5. The van der Waals surface area contributed by atoms with Crippen molar-refractivity contribution < 1.29 is 18.7 Å². The lowest BCUT2D eigenvalue weighted by atomic mass is 10.1. The maximum Gasteiger partial charge on any atom is 0.307 e. The van der Waals surface area contributed by atoms with Gasteiger partial charge in [0, 0.05) is 5.39 Å². The van der Waals surface area contributed by atoms with E-state index in [-0.39, 0.29) is 5.76 Å². The summed E-state index contributed by atoms with van der Waals surface area (Å²) in [7, 11) is 0. The molecule has 0 unspecified atom stereocenters. The number of rotatable bonds is 7. The topological polar surface area (TPSA) is 73.1 Å². The van der Waals surface area contributed by atoms with E-state index in [1.165, 1.54) is 6.21 Å². The number of carbonyl (C=O) groups excluding carboxylic acids is 1. The zero-order chi connectivity index (χ0) is 21.8. The molecule has 1 aromatic heterocycles. The highest BCUT2D eigenvalue weighted by molar-refractivity contribution is 6.32. The number of ether oxygens (including phenoxy) is 2. The van der Waals surface area contributed by atoms with E-state index in [4.69, 9.17) is 25.5 Å². The smallest absolute Gasteiger partial charge is 0.307 e. The van der Waals surface area contributed by atoms with Crippen LogP contribution in [0.4, 0.5) is 0 Å². The third kappa shape index (κ3) is 4.34. The molecule has 0 aliphatic heterocycles. The van der Waals surface area contributed by atoms with Gasteiger partial charge in [-0.25, -0.2) is 5.43 Å². The number of benzene rings is 3. The van der Waals surface area contributed by atoms with Gasteiger partial charge in [-0.15, -0.1) is 0 Å². The number of hydrogen-bond donors (Lipinski definition) is 1. The van der Waals surface area contributed by atoms with E-state index in [9.17, 15) is 4.79 Å². The molecule has 0 fully saturated rings. The highest BCUT2D eigenvalue weighted by atomic mass is 35.5. The largest absolute Gasteiger partial charge is 0.490 e. The highest BCUT2D eigenvalue weighted by Gasteiger charge is 2.14. The summed E-state index contributed by atoms with van der Waals surface area (Å²) >= 11 is 6.31. The second kappa shape index (κ2) is 9.10. The van der Waals surface area contributed by atoms with Crippen molar-refractivity contribution in [2.24, 2.45) is 5.10 Å². The van der Waals surface area contributed by atoms with Crippen LogP contribution in [0, 0.1) is 0 Å². The average Bonchev–Trinajstić information content (AvgIpc) is 3.21. The molecule has 4 aromatic rings. The number of fused-ring (bicyclic) bond motifs is 3. The molecule has 0 saturated carbocycles. The minimum absolute atomic E-state index is 0.184. The second-order valence-corrected chi connectivity index (χ2v) is 7.11. The molecule has 0 aliphatic carbocycles. The molecular formula is C24H21ClN2O4. The zero-order valence-electron chi connectivity index (χ0n) is 17.1. The van der Waals surface area contributed by atoms with E-state index in [1.807, 2.05) is 50.2 Å². The molecule has 0 atom stereocenters. The van der Waals surface area contributed by atoms with Gasteiger partial charge in [0.25, 0.3) is 0 Å². The van der Waals surface area contributed by atoms with Gasteiger partial charge in [0.2, 0.25) is 0 Å². The molecule has 0 saturated heterocycles. The maximum absolute atomic E-state index is 12.5. The maximum atomic E-state index is 12.5. The van der Waals surface area contributed by atoms with Gasteiger partial charge in [0.05, 0.1) is 24.5 Å². The van der Waals surface area contributed by atoms with E-state index in [1.54, 1.807) is 18.2 Å². The lowest BCUT2D eigenvalue weighted by Gasteiger charge is -2.13. The monoisotopic (exact) mass is 436 g/mol. The van der Waals surface area contributed by atoms with Crippen LogP contribution in [0.3, 0.4) is 0 Å². The van der Waals surface area contributed by atoms with E-state index in [0.717, 1.165) is 16.2 Å². The number of carbonyl (C=O) groups is 1. The second-order valence-electron chi connectivity index (χ2n) is 6.70. The molecule has 1 amide bonds. The third-order valence-corrected chi connectivity index (χ3v) is 4.93. The van der Waals surface area contributed by atoms with Gasteiger partial charge < -0.3 is 13.9 Å². The minimum Gasteiger partial charge on any atom is -0.490 e. The SMILES string of the molecule is CCOc1cc(/C=N\NC(=O)c2cc3c(ccc4ccccc43)o2)cc(Cl)c1OCC. The number of hydrogen-bond acceptors (Lipinski definition) is 5. The van der Waals surface area contributed by atoms with E-state index < -0.39 is 5.91 Å². The lowest BCUT2D eigenvalue weighted by molar-refractivity contribution is 0.0929. The summed E-state index contributed by atoms with van der Waals surface area (Å²) in [5.41, 5.74) is 3.79. The van der Waals surface area contributed by atoms with Gasteiger partial charge in [-0.05, 0) is 54.4 Å². The van der Waals surface area contributed by atoms with Crippen molar-refractivity contribution >= 4 is 45.5 Å². The van der Waals surface area contributed by atoms with Gasteiger partial charge in [-0.2, -0.15) is 5.10 Å². The Labute approximate surface area is 184 Å². The Morgan fingerprint density at radius 2 is 1.87 bits per heavy atom. The molecule has 1 heterocycles. The predicted molar refractivity (Wildman–Crippen MR) is 123 cm³/mol. The molecule has 0 spiro atoms. The standard InChI is InChI=1S/C24H21ClN2O4/c1-3-29-21-12-15(11-19(25)23(21)30-4-2)14-26-27-24(28)22-13-18-17-8-6-5-7-16(17)9-10-20(18)31-22/h5-14H,3-4H2,1-2H3,(H,27,28)/b26-14-. The van der Waals surface area contributed by atoms with E-state index in [2.05, 4.69) is 10.5 Å². The minimum atomic E-state index is -0.446. The Kier molecular flexibility index (Phi) is 6.09. The van der Waals surface area contributed by atoms with Crippen molar-refractivity contribution in [3.63, 3.8) is 0 Å². The van der Waals surface area contributed by atoms with Crippen molar-refractivity contribution in [2.45, 2.75) is 13.8 Å². The van der Waals surface area contributed by atoms with Crippen LogP contribution in [0.5, 0.6) is 11.5 Å². The van der Waals surface area contributed by atoms with Gasteiger partial charge in [-0.3, -0.25) is 4.79 Å². The Morgan fingerprint density at radius 3 is 2.68 bits per heavy atom. The molecule has 6 nitrogen and oxygen atoms in total. The van der Waals surface area contributed by atoms with Crippen LogP contribution in [-0.2, 0) is 0 Å². The lowest BCUT2D eigenvalue weighted by Crippen LogP contribution is -2.16. The Balaban J connectivity index is 1.54. The summed E-state index contributed by atoms with van der Waals surface area (Å²) in [5.74, 6) is 0.748. The first kappa shape index (κ1) is 20.8. The van der Waals surface area contributed by atoms with Crippen molar-refractivity contribution in [1.29, 1.82) is 0 Å². The average molecular weight is 437 g/mol. The number of nitrogens with zero attached hydrogens (tertiary/aromatic N) is 1. The van der Waals surface area contributed by atoms with Crippen LogP contribution < -0.4 is 14.9 Å². The molecule has 4 rings (SSSR count). The molecule has 31 heavy (non-hydrogen) atoms. The van der Waals surface area contributed by atoms with Crippen LogP contribution in [0.15, 0.2) is 64.1 Å². The van der Waals surface area contributed by atoms with E-state index in [0.29, 0.717) is 40.9 Å². The van der Waals surface area contributed by atoms with Gasteiger partial charge >= 0.3 is 5.91 Å². The van der Waals surface area contributed by atoms with E-state index >= 15 is 0 Å². The Morgan fingerprint density at radius 1 is 1.06 bits per heavy atom. The normalized spacial score (nSPS) is 11.3. The van der Waals surface area contributed by atoms with Crippen LogP contribution in [0.1, 0.15) is 30.0 Å². The number of halogens is 1. The molecule has 0 bridgehead atoms. The first-order chi connectivity index (χ1) is 15.1. The first-order valence-corrected chi connectivity index (χ1v) is 10.3. The van der Waals surface area contributed by atoms with Crippen LogP contribution in [-0.4, -0.2) is 25.3 Å². The number of furan rings is 1. The highest BCUT2D eigenvalue weighted by Crippen LogP contribution is 2.36. The predicted octanol–water partition coefficient (Wildman–Crippen LogP) is 5.80. The van der Waals surface area contributed by atoms with Crippen molar-refractivity contribution in [2.75, 3.05) is 13.2 Å². The molecule has 0 radical (unpaired) electrons. The molecule has 0 aliphatic rings. The molecule has 7 heteroatoms. The zero-order valence-corrected chi connectivity index (χ0v) is 17.9. The summed E-state index contributed by atoms with van der Waals surface area (Å²) in [6, 6.07) is 16.9. The first-order valence-electron chi connectivity index (χ1n) is 9.94. The van der Waals surface area contributed by atoms with Crippen LogP contribution in [0.2, 0.25) is 5.02 Å². The molecule has 158 valence electrons. The Hall–Kier alpha value is -3.51. The fourth-order valence-corrected chi connectivity index (χ4v) is 3.61. The fourth-order valence-electron chi connectivity index (χ4n) is 3.33. The fraction of sp³-hybridized carbons (Fsp3) is 0.167. The number of amides is 1. The Bertz CT molecular complexity index is 1280. The van der Waals surface area contributed by atoms with Crippen molar-refractivity contribution in [3.05, 3.63) is 70.9 Å². The van der Waals surface area contributed by atoms with Crippen molar-refractivity contribution in [1.82, 2.24) is 5.43 Å². The van der Waals surface area contributed by atoms with Crippen LogP contribution >= 0.6 is 11.6 Å². The third-order valence-electron chi connectivity index (χ3n) is 4.65. The van der Waals surface area contributed by atoms with Crippen LogP contribution in [0.25, 0.3) is 21.7 Å². The number of hydrazone groups is 1. The van der Waals surface area contributed by atoms with Gasteiger partial charge in [-0.1, -0.05) is 41.9 Å². The summed E-state index contributed by atoms with van der Waals surface area (Å²) < 4.78 is 16.9. The van der Waals surface area contributed by atoms with Gasteiger partial charge in [0.1, 0.15) is 5.58 Å². The summed E-state index contributed by atoms with van der Waals surface area (Å²) in [5, 5.41) is 7.43. The number of nitrogens with one attached hydrogen (secondary N) is 1. The molecule has 3 aromatic carbocycles. The molecular weight excluding hydrogens is 416 g/mol. The van der Waals surface area contributed by atoms with Gasteiger partial charge in [0.15, 0.2) is 17.3 Å².